The van der Waals surface area contributed by atoms with Crippen molar-refractivity contribution in [1.29, 1.82) is 0 Å². The average Bonchev–Trinajstić information content (AvgIpc) is 3.26. The van der Waals surface area contributed by atoms with E-state index < -0.39 is 5.60 Å². The first-order chi connectivity index (χ1) is 14.4. The highest BCUT2D eigenvalue weighted by Gasteiger charge is 2.45. The van der Waals surface area contributed by atoms with Gasteiger partial charge in [-0.05, 0) is 64.8 Å². The van der Waals surface area contributed by atoms with Gasteiger partial charge in [-0.2, -0.15) is 4.98 Å². The second-order valence-corrected chi connectivity index (χ2v) is 8.45. The highest BCUT2D eigenvalue weighted by molar-refractivity contribution is 6.02. The number of carbonyl (C=O) groups excluding carboxylic acids is 1. The summed E-state index contributed by atoms with van der Waals surface area (Å²) in [7, 11) is 0. The van der Waals surface area contributed by atoms with E-state index in [1.54, 1.807) is 6.20 Å². The van der Waals surface area contributed by atoms with Crippen LogP contribution in [-0.4, -0.2) is 40.6 Å². The molecule has 4 rings (SSSR count). The van der Waals surface area contributed by atoms with E-state index in [0.717, 1.165) is 44.5 Å². The largest absolute Gasteiger partial charge is 0.472 e. The zero-order valence-corrected chi connectivity index (χ0v) is 18.3. The molecule has 0 radical (unpaired) electrons. The molecule has 1 aromatic heterocycles. The van der Waals surface area contributed by atoms with Crippen molar-refractivity contribution in [2.75, 3.05) is 28.2 Å². The number of benzene rings is 1. The number of hydrogen-bond donors (Lipinski definition) is 1. The fourth-order valence-electron chi connectivity index (χ4n) is 4.35. The van der Waals surface area contributed by atoms with Crippen LogP contribution >= 0.6 is 0 Å². The second kappa shape index (κ2) is 8.13. The number of hydrogen-bond acceptors (Lipinski definition) is 6. The molecular formula is C23H31N5O2. The molecule has 0 unspecified atom stereocenters. The van der Waals surface area contributed by atoms with E-state index >= 15 is 0 Å². The summed E-state index contributed by atoms with van der Waals surface area (Å²) < 4.78 is 5.94. The first kappa shape index (κ1) is 20.4. The molecule has 1 aliphatic carbocycles. The van der Waals surface area contributed by atoms with Crippen LogP contribution in [0.25, 0.3) is 0 Å². The summed E-state index contributed by atoms with van der Waals surface area (Å²) in [6.07, 6.45) is 5.95. The minimum Gasteiger partial charge on any atom is -0.472 e. The number of carbonyl (C=O) groups is 1. The molecular weight excluding hydrogens is 378 g/mol. The summed E-state index contributed by atoms with van der Waals surface area (Å²) in [5.74, 6) is 1.57. The van der Waals surface area contributed by atoms with Gasteiger partial charge in [-0.15, -0.1) is 0 Å². The minimum absolute atomic E-state index is 0.0323. The van der Waals surface area contributed by atoms with Crippen LogP contribution in [-0.2, 0) is 4.79 Å². The Hall–Kier alpha value is -2.83. The Labute approximate surface area is 178 Å². The Morgan fingerprint density at radius 3 is 2.47 bits per heavy atom. The fraction of sp³-hybridized carbons (Fsp3) is 0.522. The van der Waals surface area contributed by atoms with Gasteiger partial charge in [-0.3, -0.25) is 9.69 Å². The molecule has 7 nitrogen and oxygen atoms in total. The Bertz CT molecular complexity index is 902. The quantitative estimate of drug-likeness (QED) is 0.757. The van der Waals surface area contributed by atoms with Crippen LogP contribution in [0.2, 0.25) is 0 Å². The maximum Gasteiger partial charge on any atom is 0.272 e. The van der Waals surface area contributed by atoms with Crippen molar-refractivity contribution in [2.45, 2.75) is 65.0 Å². The lowest BCUT2D eigenvalue weighted by atomic mass is 10.0. The van der Waals surface area contributed by atoms with Crippen molar-refractivity contribution in [3.05, 3.63) is 30.5 Å². The number of nitrogens with one attached hydrogen (secondary N) is 1. The van der Waals surface area contributed by atoms with E-state index in [-0.39, 0.29) is 11.9 Å². The van der Waals surface area contributed by atoms with Crippen molar-refractivity contribution in [3.63, 3.8) is 0 Å². The number of anilines is 4. The molecule has 30 heavy (non-hydrogen) atoms. The molecule has 0 atom stereocenters. The van der Waals surface area contributed by atoms with E-state index in [1.807, 2.05) is 30.9 Å². The third kappa shape index (κ3) is 3.80. The molecule has 2 aliphatic rings. The molecule has 7 heteroatoms. The van der Waals surface area contributed by atoms with E-state index in [2.05, 4.69) is 46.2 Å². The summed E-state index contributed by atoms with van der Waals surface area (Å²) >= 11 is 0. The highest BCUT2D eigenvalue weighted by atomic mass is 16.5. The Balaban J connectivity index is 1.60. The molecule has 2 heterocycles. The second-order valence-electron chi connectivity index (χ2n) is 8.45. The third-order valence-electron chi connectivity index (χ3n) is 6.01. The lowest BCUT2D eigenvalue weighted by molar-refractivity contribution is -0.133. The van der Waals surface area contributed by atoms with Gasteiger partial charge in [-0.25, -0.2) is 4.98 Å². The fourth-order valence-corrected chi connectivity index (χ4v) is 4.35. The molecule has 160 valence electrons. The Morgan fingerprint density at radius 1 is 1.17 bits per heavy atom. The zero-order valence-electron chi connectivity index (χ0n) is 18.3. The van der Waals surface area contributed by atoms with E-state index in [4.69, 9.17) is 4.74 Å². The van der Waals surface area contributed by atoms with Crippen molar-refractivity contribution in [3.8, 4) is 5.75 Å². The minimum atomic E-state index is -0.909. The monoisotopic (exact) mass is 409 g/mol. The molecule has 0 saturated heterocycles. The summed E-state index contributed by atoms with van der Waals surface area (Å²) in [6.45, 7) is 9.86. The predicted molar refractivity (Wildman–Crippen MR) is 120 cm³/mol. The van der Waals surface area contributed by atoms with Crippen molar-refractivity contribution < 1.29 is 9.53 Å². The molecule has 1 amide bonds. The molecule has 0 bridgehead atoms. The van der Waals surface area contributed by atoms with Crippen molar-refractivity contribution in [2.24, 2.45) is 0 Å². The molecule has 1 saturated carbocycles. The van der Waals surface area contributed by atoms with Crippen LogP contribution in [0.3, 0.4) is 0 Å². The van der Waals surface area contributed by atoms with Crippen molar-refractivity contribution in [1.82, 2.24) is 9.97 Å². The maximum atomic E-state index is 13.1. The van der Waals surface area contributed by atoms with Crippen LogP contribution in [0.5, 0.6) is 5.75 Å². The summed E-state index contributed by atoms with van der Waals surface area (Å²) in [6, 6.07) is 8.41. The van der Waals surface area contributed by atoms with Gasteiger partial charge in [0, 0.05) is 30.5 Å². The normalized spacial score (nSPS) is 18.1. The van der Waals surface area contributed by atoms with Gasteiger partial charge in [0.2, 0.25) is 5.95 Å². The first-order valence-electron chi connectivity index (χ1n) is 10.9. The number of amides is 1. The highest BCUT2D eigenvalue weighted by Crippen LogP contribution is 2.40. The molecule has 1 N–H and O–H groups in total. The molecule has 1 aliphatic heterocycles. The lowest BCUT2D eigenvalue weighted by Gasteiger charge is -2.40. The molecule has 2 aromatic rings. The third-order valence-corrected chi connectivity index (χ3v) is 6.01. The summed E-state index contributed by atoms with van der Waals surface area (Å²) in [5.41, 5.74) is 1.18. The number of nitrogens with zero attached hydrogens (tertiary/aromatic N) is 4. The average molecular weight is 410 g/mol. The van der Waals surface area contributed by atoms with E-state index in [1.165, 1.54) is 5.69 Å². The molecule has 1 fully saturated rings. The van der Waals surface area contributed by atoms with Gasteiger partial charge >= 0.3 is 0 Å². The van der Waals surface area contributed by atoms with Gasteiger partial charge < -0.3 is 15.0 Å². The summed E-state index contributed by atoms with van der Waals surface area (Å²) in [4.78, 5) is 26.4. The SMILES string of the molecule is CCN(CC)c1ccc(Nc2ncc3c(n2)N(C2CCCC2)C(=O)C(C)(C)O3)cc1. The molecule has 0 spiro atoms. The number of rotatable bonds is 6. The number of aromatic nitrogens is 2. The lowest BCUT2D eigenvalue weighted by Crippen LogP contribution is -2.55. The van der Waals surface area contributed by atoms with Gasteiger partial charge in [-0.1, -0.05) is 12.8 Å². The van der Waals surface area contributed by atoms with E-state index in [0.29, 0.717) is 17.5 Å². The predicted octanol–water partition coefficient (Wildman–Crippen LogP) is 4.51. The Kier molecular flexibility index (Phi) is 5.54. The van der Waals surface area contributed by atoms with Gasteiger partial charge in [0.05, 0.1) is 6.20 Å². The number of ether oxygens (including phenoxy) is 1. The number of fused-ring (bicyclic) bond motifs is 1. The molecule has 1 aromatic carbocycles. The van der Waals surface area contributed by atoms with Crippen molar-refractivity contribution >= 4 is 29.0 Å². The van der Waals surface area contributed by atoms with Crippen LogP contribution in [0.4, 0.5) is 23.1 Å². The topological polar surface area (TPSA) is 70.6 Å². The first-order valence-corrected chi connectivity index (χ1v) is 10.9. The van der Waals surface area contributed by atoms with Crippen LogP contribution in [0, 0.1) is 0 Å². The van der Waals surface area contributed by atoms with Gasteiger partial charge in [0.15, 0.2) is 17.2 Å². The van der Waals surface area contributed by atoms with Crippen LogP contribution < -0.4 is 19.9 Å². The van der Waals surface area contributed by atoms with Gasteiger partial charge in [0.25, 0.3) is 5.91 Å². The maximum absolute atomic E-state index is 13.1. The van der Waals surface area contributed by atoms with Gasteiger partial charge in [0.1, 0.15) is 0 Å². The standard InChI is InChI=1S/C23H31N5O2/c1-5-27(6-2)17-13-11-16(12-14-17)25-22-24-15-19-20(26-22)28(18-9-7-8-10-18)21(29)23(3,4)30-19/h11-15,18H,5-10H2,1-4H3,(H,24,25,26). The van der Waals surface area contributed by atoms with E-state index in [9.17, 15) is 4.79 Å². The van der Waals surface area contributed by atoms with Crippen LogP contribution in [0.15, 0.2) is 30.5 Å². The zero-order chi connectivity index (χ0) is 21.3. The smallest absolute Gasteiger partial charge is 0.272 e. The Morgan fingerprint density at radius 2 is 1.83 bits per heavy atom. The van der Waals surface area contributed by atoms with Crippen LogP contribution in [0.1, 0.15) is 53.4 Å². The summed E-state index contributed by atoms with van der Waals surface area (Å²) in [5, 5.41) is 3.27.